The second-order valence-corrected chi connectivity index (χ2v) is 3.95. The minimum Gasteiger partial charge on any atom is -0.355 e. The third kappa shape index (κ3) is 5.40. The average Bonchev–Trinajstić information content (AvgIpc) is 2.37. The first kappa shape index (κ1) is 13.6. The van der Waals surface area contributed by atoms with Crippen molar-refractivity contribution >= 4 is 5.91 Å². The van der Waals surface area contributed by atoms with Gasteiger partial charge in [0.25, 0.3) is 0 Å². The third-order valence-corrected chi connectivity index (χ3v) is 2.46. The molecule has 0 bridgehead atoms. The standard InChI is InChI=1S/C12H20N4O/c1-3-4-6-14-12(17)10(2)15-8-11-5-7-13-9-16-11/h5,7,9-10,15H,3-4,6,8H2,1-2H3,(H,14,17). The van der Waals surface area contributed by atoms with Gasteiger partial charge in [-0.25, -0.2) is 9.97 Å². The number of rotatable bonds is 7. The molecule has 0 radical (unpaired) electrons. The van der Waals surface area contributed by atoms with E-state index in [0.29, 0.717) is 6.54 Å². The first-order valence-corrected chi connectivity index (χ1v) is 6.00. The SMILES string of the molecule is CCCCNC(=O)C(C)NCc1ccncn1. The molecule has 5 nitrogen and oxygen atoms in total. The van der Waals surface area contributed by atoms with Crippen molar-refractivity contribution in [3.05, 3.63) is 24.3 Å². The van der Waals surface area contributed by atoms with Crippen molar-refractivity contribution in [1.29, 1.82) is 0 Å². The van der Waals surface area contributed by atoms with Gasteiger partial charge in [0.2, 0.25) is 5.91 Å². The number of aromatic nitrogens is 2. The van der Waals surface area contributed by atoms with Gasteiger partial charge < -0.3 is 10.6 Å². The summed E-state index contributed by atoms with van der Waals surface area (Å²) >= 11 is 0. The zero-order valence-corrected chi connectivity index (χ0v) is 10.4. The van der Waals surface area contributed by atoms with Crippen molar-refractivity contribution in [1.82, 2.24) is 20.6 Å². The van der Waals surface area contributed by atoms with E-state index in [9.17, 15) is 4.79 Å². The first-order chi connectivity index (χ1) is 8.24. The molecule has 5 heteroatoms. The molecule has 0 spiro atoms. The van der Waals surface area contributed by atoms with Crippen LogP contribution in [0.4, 0.5) is 0 Å². The third-order valence-electron chi connectivity index (χ3n) is 2.46. The molecule has 2 N–H and O–H groups in total. The number of nitrogens with one attached hydrogen (secondary N) is 2. The predicted molar refractivity (Wildman–Crippen MR) is 66.3 cm³/mol. The number of nitrogens with zero attached hydrogens (tertiary/aromatic N) is 2. The van der Waals surface area contributed by atoms with Gasteiger partial charge in [0.15, 0.2) is 0 Å². The molecule has 0 aliphatic heterocycles. The van der Waals surface area contributed by atoms with Crippen LogP contribution in [0, 0.1) is 0 Å². The molecule has 0 aromatic carbocycles. The molecule has 94 valence electrons. The summed E-state index contributed by atoms with van der Waals surface area (Å²) in [7, 11) is 0. The average molecular weight is 236 g/mol. The first-order valence-electron chi connectivity index (χ1n) is 6.00. The highest BCUT2D eigenvalue weighted by atomic mass is 16.2. The van der Waals surface area contributed by atoms with Crippen LogP contribution >= 0.6 is 0 Å². The summed E-state index contributed by atoms with van der Waals surface area (Å²) in [5, 5.41) is 6.01. The van der Waals surface area contributed by atoms with Crippen LogP contribution in [0.15, 0.2) is 18.6 Å². The quantitative estimate of drug-likeness (QED) is 0.689. The maximum absolute atomic E-state index is 11.6. The van der Waals surface area contributed by atoms with Crippen molar-refractivity contribution in [2.75, 3.05) is 6.54 Å². The fourth-order valence-electron chi connectivity index (χ4n) is 1.31. The molecule has 1 atom stereocenters. The van der Waals surface area contributed by atoms with E-state index in [0.717, 1.165) is 25.1 Å². The Kier molecular flexibility index (Phi) is 6.17. The van der Waals surface area contributed by atoms with Crippen molar-refractivity contribution in [2.24, 2.45) is 0 Å². The van der Waals surface area contributed by atoms with Gasteiger partial charge in [0.1, 0.15) is 6.33 Å². The number of carbonyl (C=O) groups is 1. The smallest absolute Gasteiger partial charge is 0.236 e. The number of hydrogen-bond donors (Lipinski definition) is 2. The van der Waals surface area contributed by atoms with Gasteiger partial charge in [-0.15, -0.1) is 0 Å². The molecule has 0 fully saturated rings. The summed E-state index contributed by atoms with van der Waals surface area (Å²) in [5.41, 5.74) is 0.883. The lowest BCUT2D eigenvalue weighted by Gasteiger charge is -2.13. The Morgan fingerprint density at radius 3 is 3.00 bits per heavy atom. The van der Waals surface area contributed by atoms with E-state index >= 15 is 0 Å². The molecule has 0 saturated heterocycles. The summed E-state index contributed by atoms with van der Waals surface area (Å²) in [4.78, 5) is 19.6. The highest BCUT2D eigenvalue weighted by Crippen LogP contribution is 1.92. The van der Waals surface area contributed by atoms with E-state index in [-0.39, 0.29) is 11.9 Å². The molecule has 1 aromatic rings. The number of carbonyl (C=O) groups excluding carboxylic acids is 1. The Balaban J connectivity index is 2.24. The van der Waals surface area contributed by atoms with E-state index in [2.05, 4.69) is 27.5 Å². The number of unbranched alkanes of at least 4 members (excludes halogenated alkanes) is 1. The van der Waals surface area contributed by atoms with E-state index < -0.39 is 0 Å². The highest BCUT2D eigenvalue weighted by Gasteiger charge is 2.10. The molecule has 1 amide bonds. The summed E-state index contributed by atoms with van der Waals surface area (Å²) in [6, 6.07) is 1.62. The lowest BCUT2D eigenvalue weighted by molar-refractivity contribution is -0.122. The normalized spacial score (nSPS) is 12.1. The van der Waals surface area contributed by atoms with E-state index in [1.807, 2.05) is 13.0 Å². The van der Waals surface area contributed by atoms with Crippen LogP contribution in [0.5, 0.6) is 0 Å². The maximum Gasteiger partial charge on any atom is 0.236 e. The van der Waals surface area contributed by atoms with Gasteiger partial charge in [-0.05, 0) is 19.4 Å². The Morgan fingerprint density at radius 2 is 2.35 bits per heavy atom. The zero-order valence-electron chi connectivity index (χ0n) is 10.4. The van der Waals surface area contributed by atoms with Gasteiger partial charge >= 0.3 is 0 Å². The van der Waals surface area contributed by atoms with Crippen LogP contribution < -0.4 is 10.6 Å². The largest absolute Gasteiger partial charge is 0.355 e. The predicted octanol–water partition coefficient (Wildman–Crippen LogP) is 0.871. The van der Waals surface area contributed by atoms with Crippen LogP contribution in [0.25, 0.3) is 0 Å². The van der Waals surface area contributed by atoms with Gasteiger partial charge in [-0.1, -0.05) is 13.3 Å². The lowest BCUT2D eigenvalue weighted by atomic mass is 10.2. The molecular formula is C12H20N4O. The Hall–Kier alpha value is -1.49. The minimum absolute atomic E-state index is 0.0347. The Bertz CT molecular complexity index is 329. The topological polar surface area (TPSA) is 66.9 Å². The molecule has 17 heavy (non-hydrogen) atoms. The van der Waals surface area contributed by atoms with Crippen LogP contribution in [0.3, 0.4) is 0 Å². The monoisotopic (exact) mass is 236 g/mol. The van der Waals surface area contributed by atoms with E-state index in [1.165, 1.54) is 6.33 Å². The second-order valence-electron chi connectivity index (χ2n) is 3.95. The number of amides is 1. The molecule has 1 rings (SSSR count). The summed E-state index contributed by atoms with van der Waals surface area (Å²) in [6.45, 7) is 5.27. The van der Waals surface area contributed by atoms with E-state index in [4.69, 9.17) is 0 Å². The molecule has 1 unspecified atom stereocenters. The molecule has 0 aliphatic carbocycles. The number of hydrogen-bond acceptors (Lipinski definition) is 4. The molecule has 1 heterocycles. The Labute approximate surface area is 102 Å². The highest BCUT2D eigenvalue weighted by molar-refractivity contribution is 5.81. The van der Waals surface area contributed by atoms with Crippen LogP contribution in [-0.4, -0.2) is 28.5 Å². The van der Waals surface area contributed by atoms with Crippen LogP contribution in [0.1, 0.15) is 32.4 Å². The summed E-state index contributed by atoms with van der Waals surface area (Å²) in [5.74, 6) is 0.0347. The molecule has 0 saturated carbocycles. The van der Waals surface area contributed by atoms with Crippen molar-refractivity contribution < 1.29 is 4.79 Å². The van der Waals surface area contributed by atoms with Crippen molar-refractivity contribution in [3.8, 4) is 0 Å². The maximum atomic E-state index is 11.6. The molecule has 1 aromatic heterocycles. The van der Waals surface area contributed by atoms with Gasteiger partial charge in [-0.3, -0.25) is 4.79 Å². The van der Waals surface area contributed by atoms with Crippen molar-refractivity contribution in [2.45, 2.75) is 39.3 Å². The molecular weight excluding hydrogens is 216 g/mol. The van der Waals surface area contributed by atoms with Crippen LogP contribution in [-0.2, 0) is 11.3 Å². The molecule has 0 aliphatic rings. The fraction of sp³-hybridized carbons (Fsp3) is 0.583. The summed E-state index contributed by atoms with van der Waals surface area (Å²) in [6.07, 6.45) is 5.30. The summed E-state index contributed by atoms with van der Waals surface area (Å²) < 4.78 is 0. The van der Waals surface area contributed by atoms with Gasteiger partial charge in [-0.2, -0.15) is 0 Å². The Morgan fingerprint density at radius 1 is 1.53 bits per heavy atom. The zero-order chi connectivity index (χ0) is 12.5. The van der Waals surface area contributed by atoms with Gasteiger partial charge in [0.05, 0.1) is 11.7 Å². The van der Waals surface area contributed by atoms with E-state index in [1.54, 1.807) is 6.20 Å². The van der Waals surface area contributed by atoms with Crippen LogP contribution in [0.2, 0.25) is 0 Å². The van der Waals surface area contributed by atoms with Crippen molar-refractivity contribution in [3.63, 3.8) is 0 Å². The minimum atomic E-state index is -0.207. The van der Waals surface area contributed by atoms with Gasteiger partial charge in [0, 0.05) is 19.3 Å². The lowest BCUT2D eigenvalue weighted by Crippen LogP contribution is -2.42. The second kappa shape index (κ2) is 7.73. The fourth-order valence-corrected chi connectivity index (χ4v) is 1.31.